The number of rotatable bonds is 3. The largest absolute Gasteiger partial charge is 0.477 e. The number of anilines is 1. The van der Waals surface area contributed by atoms with Crippen molar-refractivity contribution >= 4 is 22.6 Å². The van der Waals surface area contributed by atoms with E-state index < -0.39 is 11.9 Å². The van der Waals surface area contributed by atoms with Crippen LogP contribution in [0.2, 0.25) is 0 Å². The number of carbonyl (C=O) groups is 1. The van der Waals surface area contributed by atoms with Gasteiger partial charge in [-0.25, -0.2) is 4.98 Å². The number of piperidine rings is 1. The molecule has 2 aromatic rings. The van der Waals surface area contributed by atoms with E-state index in [1.165, 1.54) is 0 Å². The van der Waals surface area contributed by atoms with Crippen molar-refractivity contribution < 1.29 is 27.7 Å². The van der Waals surface area contributed by atoms with Gasteiger partial charge in [-0.15, -0.1) is 0 Å². The number of fused-ring (bicyclic) bond motifs is 1. The summed E-state index contributed by atoms with van der Waals surface area (Å²) >= 11 is 0. The zero-order valence-electron chi connectivity index (χ0n) is 13.9. The maximum atomic E-state index is 13.2. The molecule has 0 radical (unpaired) electrons. The average molecular weight is 353 g/mol. The van der Waals surface area contributed by atoms with E-state index in [0.717, 1.165) is 11.5 Å². The number of nitrogens with one attached hydrogen (secondary N) is 1. The highest BCUT2D eigenvalue weighted by Crippen LogP contribution is 2.34. The van der Waals surface area contributed by atoms with Gasteiger partial charge in [0.25, 0.3) is 5.69 Å². The Bertz CT molecular complexity index is 768. The number of benzene rings is 1. The summed E-state index contributed by atoms with van der Waals surface area (Å²) in [5.41, 5.74) is 0.220. The van der Waals surface area contributed by atoms with Crippen molar-refractivity contribution in [1.29, 1.82) is 0 Å². The topological polar surface area (TPSA) is 43.7 Å². The minimum Gasteiger partial charge on any atom is -0.466 e. The molecule has 0 saturated carbocycles. The SMILES string of the molecule is CCOC(=O)C1CCN(c2cc(C(F)(F)F)[nH+]c3ccccc23)CC1. The van der Waals surface area contributed by atoms with E-state index >= 15 is 0 Å². The molecule has 0 atom stereocenters. The van der Waals surface area contributed by atoms with Crippen molar-refractivity contribution in [3.05, 3.63) is 36.0 Å². The molecule has 0 unspecified atom stereocenters. The Morgan fingerprint density at radius 1 is 1.28 bits per heavy atom. The molecule has 1 aromatic carbocycles. The second-order valence-electron chi connectivity index (χ2n) is 6.12. The van der Waals surface area contributed by atoms with E-state index in [1.807, 2.05) is 4.90 Å². The van der Waals surface area contributed by atoms with Crippen LogP contribution in [0.25, 0.3) is 10.9 Å². The third-order valence-corrected chi connectivity index (χ3v) is 4.51. The van der Waals surface area contributed by atoms with Crippen LogP contribution < -0.4 is 9.88 Å². The molecule has 134 valence electrons. The maximum absolute atomic E-state index is 13.2. The molecule has 0 spiro atoms. The number of H-pyrrole nitrogens is 1. The lowest BCUT2D eigenvalue weighted by Crippen LogP contribution is -2.37. The molecule has 1 aliphatic heterocycles. The van der Waals surface area contributed by atoms with Crippen molar-refractivity contribution in [3.63, 3.8) is 0 Å². The summed E-state index contributed by atoms with van der Waals surface area (Å²) in [7, 11) is 0. The summed E-state index contributed by atoms with van der Waals surface area (Å²) in [6.07, 6.45) is -3.29. The van der Waals surface area contributed by atoms with Crippen LogP contribution in [-0.2, 0) is 15.7 Å². The molecule has 0 amide bonds. The quantitative estimate of drug-likeness (QED) is 0.794. The van der Waals surface area contributed by atoms with E-state index in [2.05, 4.69) is 4.98 Å². The highest BCUT2D eigenvalue weighted by atomic mass is 19.4. The average Bonchev–Trinajstić information content (AvgIpc) is 2.60. The van der Waals surface area contributed by atoms with E-state index in [4.69, 9.17) is 4.74 Å². The molecule has 1 fully saturated rings. The van der Waals surface area contributed by atoms with Gasteiger partial charge in [0.15, 0.2) is 0 Å². The second-order valence-corrected chi connectivity index (χ2v) is 6.12. The predicted octanol–water partition coefficient (Wildman–Crippen LogP) is 3.45. The van der Waals surface area contributed by atoms with Crippen LogP contribution >= 0.6 is 0 Å². The molecule has 0 aliphatic carbocycles. The fourth-order valence-corrected chi connectivity index (χ4v) is 3.24. The molecule has 1 aromatic heterocycles. The molecule has 1 N–H and O–H groups in total. The zero-order chi connectivity index (χ0) is 18.0. The first kappa shape index (κ1) is 17.5. The Kier molecular flexibility index (Phi) is 4.83. The summed E-state index contributed by atoms with van der Waals surface area (Å²) in [4.78, 5) is 16.2. The van der Waals surface area contributed by atoms with Gasteiger partial charge in [-0.1, -0.05) is 12.1 Å². The minimum atomic E-state index is -4.44. The van der Waals surface area contributed by atoms with Gasteiger partial charge in [0.2, 0.25) is 5.52 Å². The van der Waals surface area contributed by atoms with Crippen LogP contribution in [0.15, 0.2) is 30.3 Å². The molecule has 4 nitrogen and oxygen atoms in total. The van der Waals surface area contributed by atoms with Crippen molar-refractivity contribution in [1.82, 2.24) is 0 Å². The van der Waals surface area contributed by atoms with Crippen LogP contribution in [0.5, 0.6) is 0 Å². The maximum Gasteiger partial charge on any atom is 0.477 e. The lowest BCUT2D eigenvalue weighted by Gasteiger charge is -2.33. The Hall–Kier alpha value is -2.31. The number of hydrogen-bond donors (Lipinski definition) is 0. The van der Waals surface area contributed by atoms with Crippen LogP contribution in [0.4, 0.5) is 18.9 Å². The van der Waals surface area contributed by atoms with Crippen molar-refractivity contribution in [2.75, 3.05) is 24.6 Å². The lowest BCUT2D eigenvalue weighted by atomic mass is 9.96. The first-order valence-electron chi connectivity index (χ1n) is 8.34. The van der Waals surface area contributed by atoms with Gasteiger partial charge < -0.3 is 9.64 Å². The molecular formula is C18H20F3N2O2+. The van der Waals surface area contributed by atoms with Crippen LogP contribution in [0.3, 0.4) is 0 Å². The summed E-state index contributed by atoms with van der Waals surface area (Å²) < 4.78 is 44.7. The molecule has 7 heteroatoms. The molecule has 25 heavy (non-hydrogen) atoms. The van der Waals surface area contributed by atoms with Gasteiger partial charge in [0.1, 0.15) is 0 Å². The molecule has 0 bridgehead atoms. The number of aromatic nitrogens is 1. The Morgan fingerprint density at radius 3 is 2.60 bits per heavy atom. The van der Waals surface area contributed by atoms with Gasteiger partial charge in [-0.05, 0) is 25.8 Å². The van der Waals surface area contributed by atoms with Crippen molar-refractivity contribution in [2.24, 2.45) is 5.92 Å². The first-order chi connectivity index (χ1) is 11.9. The summed E-state index contributed by atoms with van der Waals surface area (Å²) in [6, 6.07) is 8.11. The third kappa shape index (κ3) is 3.70. The predicted molar refractivity (Wildman–Crippen MR) is 87.1 cm³/mol. The van der Waals surface area contributed by atoms with Crippen molar-refractivity contribution in [3.8, 4) is 0 Å². The molecule has 2 heterocycles. The number of ether oxygens (including phenoxy) is 1. The van der Waals surface area contributed by atoms with E-state index in [-0.39, 0.29) is 11.9 Å². The standard InChI is InChI=1S/C18H19F3N2O2/c1-2-25-17(24)12-7-9-23(10-8-12)15-11-16(18(19,20)21)22-14-6-4-3-5-13(14)15/h3-6,11-12H,2,7-10H2,1H3/p+1. The summed E-state index contributed by atoms with van der Waals surface area (Å²) in [5.74, 6) is -0.399. The van der Waals surface area contributed by atoms with Gasteiger partial charge in [-0.2, -0.15) is 13.2 Å². The van der Waals surface area contributed by atoms with E-state index in [1.54, 1.807) is 31.2 Å². The molecule has 3 rings (SSSR count). The zero-order valence-corrected chi connectivity index (χ0v) is 13.9. The number of hydrogen-bond acceptors (Lipinski definition) is 3. The third-order valence-electron chi connectivity index (χ3n) is 4.51. The van der Waals surface area contributed by atoms with E-state index in [0.29, 0.717) is 43.7 Å². The van der Waals surface area contributed by atoms with Gasteiger partial charge in [0.05, 0.1) is 23.6 Å². The number of aromatic amines is 1. The first-order valence-corrected chi connectivity index (χ1v) is 8.34. The molecular weight excluding hydrogens is 333 g/mol. The smallest absolute Gasteiger partial charge is 0.466 e. The minimum absolute atomic E-state index is 0.181. The van der Waals surface area contributed by atoms with Crippen LogP contribution in [0.1, 0.15) is 25.5 Å². The monoisotopic (exact) mass is 353 g/mol. The lowest BCUT2D eigenvalue weighted by molar-refractivity contribution is -0.398. The van der Waals surface area contributed by atoms with Crippen LogP contribution in [-0.4, -0.2) is 25.7 Å². The van der Waals surface area contributed by atoms with Gasteiger partial charge >= 0.3 is 12.1 Å². The number of nitrogens with zero attached hydrogens (tertiary/aromatic N) is 1. The van der Waals surface area contributed by atoms with Gasteiger partial charge in [-0.3, -0.25) is 4.79 Å². The Morgan fingerprint density at radius 2 is 1.96 bits per heavy atom. The highest BCUT2D eigenvalue weighted by molar-refractivity contribution is 5.90. The highest BCUT2D eigenvalue weighted by Gasteiger charge is 2.40. The number of esters is 1. The fourth-order valence-electron chi connectivity index (χ4n) is 3.24. The number of halogens is 3. The number of carbonyl (C=O) groups excluding carboxylic acids is 1. The fraction of sp³-hybridized carbons (Fsp3) is 0.444. The number of alkyl halides is 3. The Balaban J connectivity index is 1.90. The number of para-hydroxylation sites is 1. The van der Waals surface area contributed by atoms with Crippen LogP contribution in [0, 0.1) is 5.92 Å². The van der Waals surface area contributed by atoms with E-state index in [9.17, 15) is 18.0 Å². The van der Waals surface area contributed by atoms with Crippen molar-refractivity contribution in [2.45, 2.75) is 25.9 Å². The van der Waals surface area contributed by atoms with Gasteiger partial charge in [0, 0.05) is 25.2 Å². The summed E-state index contributed by atoms with van der Waals surface area (Å²) in [5, 5.41) is 0.741. The Labute approximate surface area is 143 Å². The summed E-state index contributed by atoms with van der Waals surface area (Å²) in [6.45, 7) is 3.15. The molecule has 1 aliphatic rings. The normalized spacial score (nSPS) is 16.2. The number of pyridine rings is 1. The second kappa shape index (κ2) is 6.90. The molecule has 1 saturated heterocycles.